The van der Waals surface area contributed by atoms with Crippen molar-refractivity contribution in [3.8, 4) is 0 Å². The number of halogens is 1. The van der Waals surface area contributed by atoms with Crippen molar-refractivity contribution in [1.82, 2.24) is 14.5 Å². The van der Waals surface area contributed by atoms with Crippen LogP contribution in [0.4, 0.5) is 0 Å². The lowest BCUT2D eigenvalue weighted by Gasteiger charge is -2.38. The van der Waals surface area contributed by atoms with Gasteiger partial charge >= 0.3 is 5.69 Å². The number of unbranched alkanes of at least 4 members (excludes halogenated alkanes) is 5. The monoisotopic (exact) mass is 479 g/mol. The number of ether oxygens (including phenoxy) is 1. The molecule has 1 fully saturated rings. The third kappa shape index (κ3) is 6.47. The fourth-order valence-corrected chi connectivity index (χ4v) is 3.71. The highest BCUT2D eigenvalue weighted by molar-refractivity contribution is 14.1. The molecule has 1 aromatic rings. The maximum absolute atomic E-state index is 12.2. The third-order valence-corrected chi connectivity index (χ3v) is 5.12. The van der Waals surface area contributed by atoms with Crippen molar-refractivity contribution in [3.63, 3.8) is 0 Å². The van der Waals surface area contributed by atoms with Crippen molar-refractivity contribution < 1.29 is 7.80 Å². The quantitative estimate of drug-likeness (QED) is 0.413. The second kappa shape index (κ2) is 11.2. The van der Waals surface area contributed by atoms with E-state index in [2.05, 4.69) is 16.8 Å². The molecule has 2 rings (SSSR count). The van der Waals surface area contributed by atoms with E-state index in [0.717, 1.165) is 19.5 Å². The molecule has 0 amide bonds. The number of aromatic nitrogens is 2. The molecule has 0 spiro atoms. The molecular formula is C18H30IN3O4. The number of H-pyrrole nitrogens is 1. The Morgan fingerprint density at radius 1 is 1.23 bits per heavy atom. The summed E-state index contributed by atoms with van der Waals surface area (Å²) in [6.07, 6.45) is 8.61. The van der Waals surface area contributed by atoms with E-state index in [1.807, 2.05) is 23.0 Å². The van der Waals surface area contributed by atoms with Crippen LogP contribution in [0.1, 0.15) is 57.2 Å². The van der Waals surface area contributed by atoms with Gasteiger partial charge in [0.1, 0.15) is 23.0 Å². The van der Waals surface area contributed by atoms with E-state index in [9.17, 15) is 9.59 Å². The highest BCUT2D eigenvalue weighted by atomic mass is 127. The molecule has 26 heavy (non-hydrogen) atoms. The van der Waals surface area contributed by atoms with Crippen LogP contribution in [0.15, 0.2) is 15.8 Å². The summed E-state index contributed by atoms with van der Waals surface area (Å²) in [5, 5.41) is 0. The van der Waals surface area contributed by atoms with Gasteiger partial charge < -0.3 is 7.80 Å². The number of rotatable bonds is 10. The Morgan fingerprint density at radius 3 is 2.69 bits per heavy atom. The summed E-state index contributed by atoms with van der Waals surface area (Å²) >= 11 is 1.87. The van der Waals surface area contributed by atoms with Crippen LogP contribution in [0.25, 0.3) is 0 Å². The maximum Gasteiger partial charge on any atom is 0.330 e. The summed E-state index contributed by atoms with van der Waals surface area (Å²) in [7, 11) is 0. The number of morpholine rings is 1. The zero-order valence-corrected chi connectivity index (χ0v) is 17.9. The number of hydrogen-bond donors (Lipinski definition) is 1. The van der Waals surface area contributed by atoms with Crippen LogP contribution in [0.5, 0.6) is 0 Å². The smallest absolute Gasteiger partial charge is 0.330 e. The maximum atomic E-state index is 12.2. The number of nitrogens with one attached hydrogen (secondary N) is 1. The van der Waals surface area contributed by atoms with Gasteiger partial charge in [-0.05, 0) is 19.9 Å². The average Bonchev–Trinajstić information content (AvgIpc) is 2.61. The molecule has 0 bridgehead atoms. The van der Waals surface area contributed by atoms with Gasteiger partial charge in [0.15, 0.2) is 6.23 Å². The molecular weight excluding hydrogens is 449 g/mol. The molecule has 0 saturated carbocycles. The normalized spacial score (nSPS) is 21.2. The largest absolute Gasteiger partial charge is 0.349 e. The lowest BCUT2D eigenvalue weighted by molar-refractivity contribution is -0.130. The average molecular weight is 479 g/mol. The molecule has 2 heterocycles. The summed E-state index contributed by atoms with van der Waals surface area (Å²) in [6.45, 7) is 6.81. The lowest BCUT2D eigenvalue weighted by Crippen LogP contribution is -2.49. The molecule has 2 atom stereocenters. The Labute approximate surface area is 168 Å². The topological polar surface area (TPSA) is 76.6 Å². The fourth-order valence-electron chi connectivity index (χ4n) is 3.31. The van der Waals surface area contributed by atoms with E-state index in [-0.39, 0.29) is 11.7 Å². The fraction of sp³-hybridized carbons (Fsp3) is 0.778. The second-order valence-corrected chi connectivity index (χ2v) is 7.62. The van der Waals surface area contributed by atoms with Gasteiger partial charge in [0.25, 0.3) is 5.56 Å². The van der Waals surface area contributed by atoms with Crippen LogP contribution < -0.4 is 11.2 Å². The Kier molecular flexibility index (Phi) is 9.30. The van der Waals surface area contributed by atoms with Gasteiger partial charge in [-0.1, -0.05) is 39.0 Å². The molecule has 1 aliphatic rings. The molecule has 0 radical (unpaired) electrons. The zero-order valence-electron chi connectivity index (χ0n) is 15.7. The van der Waals surface area contributed by atoms with Crippen molar-refractivity contribution in [3.05, 3.63) is 32.6 Å². The summed E-state index contributed by atoms with van der Waals surface area (Å²) in [5.74, 6) is 0. The minimum Gasteiger partial charge on any atom is -0.349 e. The third-order valence-electron chi connectivity index (χ3n) is 4.76. The Balaban J connectivity index is 1.99. The second-order valence-electron chi connectivity index (χ2n) is 6.99. The van der Waals surface area contributed by atoms with E-state index in [0.29, 0.717) is 18.7 Å². The molecule has 0 aromatic carbocycles. The molecule has 1 unspecified atom stereocenters. The van der Waals surface area contributed by atoms with Crippen LogP contribution in [-0.2, 0) is 7.80 Å². The van der Waals surface area contributed by atoms with Crippen LogP contribution in [-0.4, -0.2) is 46.8 Å². The molecule has 1 N–H and O–H groups in total. The minimum absolute atomic E-state index is 0.0927. The lowest BCUT2D eigenvalue weighted by atomic mass is 10.1. The first kappa shape index (κ1) is 21.6. The summed E-state index contributed by atoms with van der Waals surface area (Å²) in [6, 6.07) is 0. The van der Waals surface area contributed by atoms with E-state index in [1.165, 1.54) is 36.7 Å². The molecule has 1 aromatic heterocycles. The zero-order chi connectivity index (χ0) is 18.9. The summed E-state index contributed by atoms with van der Waals surface area (Å²) in [5.41, 5.74) is -0.276. The number of nitrogens with zero attached hydrogens (tertiary/aromatic N) is 2. The number of hydrogen-bond acceptors (Lipinski definition) is 5. The van der Waals surface area contributed by atoms with Crippen LogP contribution in [0.2, 0.25) is 0 Å². The summed E-state index contributed by atoms with van der Waals surface area (Å²) < 4.78 is 12.8. The van der Waals surface area contributed by atoms with Gasteiger partial charge in [0.05, 0.1) is 12.7 Å². The number of aromatic amines is 1. The van der Waals surface area contributed by atoms with Crippen molar-refractivity contribution in [2.24, 2.45) is 0 Å². The van der Waals surface area contributed by atoms with Gasteiger partial charge in [0.2, 0.25) is 0 Å². The molecule has 7 nitrogen and oxygen atoms in total. The van der Waals surface area contributed by atoms with Crippen molar-refractivity contribution >= 4 is 23.0 Å². The van der Waals surface area contributed by atoms with E-state index < -0.39 is 11.9 Å². The Hall–Kier alpha value is -0.710. The highest BCUT2D eigenvalue weighted by Crippen LogP contribution is 2.20. The van der Waals surface area contributed by atoms with Gasteiger partial charge in [-0.2, -0.15) is 0 Å². The molecule has 1 saturated heterocycles. The first-order chi connectivity index (χ1) is 12.5. The van der Waals surface area contributed by atoms with Crippen LogP contribution >= 0.6 is 23.0 Å². The van der Waals surface area contributed by atoms with Crippen LogP contribution in [0, 0.1) is 6.92 Å². The molecule has 148 valence electrons. The summed E-state index contributed by atoms with van der Waals surface area (Å²) in [4.78, 5) is 28.5. The van der Waals surface area contributed by atoms with Crippen LogP contribution in [0.3, 0.4) is 0 Å². The predicted octanol–water partition coefficient (Wildman–Crippen LogP) is 2.77. The van der Waals surface area contributed by atoms with E-state index in [4.69, 9.17) is 7.80 Å². The first-order valence-corrected chi connectivity index (χ1v) is 10.4. The van der Waals surface area contributed by atoms with Crippen molar-refractivity contribution in [2.45, 2.75) is 64.7 Å². The van der Waals surface area contributed by atoms with Gasteiger partial charge in [-0.25, -0.2) is 4.79 Å². The number of aryl methyl sites for hydroxylation is 1. The predicted molar refractivity (Wildman–Crippen MR) is 110 cm³/mol. The van der Waals surface area contributed by atoms with Gasteiger partial charge in [-0.3, -0.25) is 19.2 Å². The first-order valence-electron chi connectivity index (χ1n) is 9.48. The SMILES string of the molecule is CCCCCCCCN1CC(COI)O[C@@H](n2cc(C)c(=O)[nH]c2=O)C1. The van der Waals surface area contributed by atoms with Crippen molar-refractivity contribution in [2.75, 3.05) is 26.2 Å². The molecule has 1 aliphatic heterocycles. The minimum atomic E-state index is -0.429. The molecule has 8 heteroatoms. The van der Waals surface area contributed by atoms with Crippen molar-refractivity contribution in [1.29, 1.82) is 0 Å². The van der Waals surface area contributed by atoms with Gasteiger partial charge in [-0.15, -0.1) is 0 Å². The Morgan fingerprint density at radius 2 is 1.96 bits per heavy atom. The Bertz CT molecular complexity index is 661. The standard InChI is InChI=1S/C18H30IN3O4/c1-3-4-5-6-7-8-9-21-11-15(13-25-19)26-16(12-21)22-10-14(2)17(23)20-18(22)24/h10,15-16H,3-9,11-13H2,1-2H3,(H,20,23,24)/t15?,16-/m1/s1. The highest BCUT2D eigenvalue weighted by Gasteiger charge is 2.29. The van der Waals surface area contributed by atoms with E-state index >= 15 is 0 Å². The molecule has 0 aliphatic carbocycles. The van der Waals surface area contributed by atoms with E-state index in [1.54, 1.807) is 13.1 Å². The van der Waals surface area contributed by atoms with Gasteiger partial charge in [0, 0.05) is 24.8 Å².